The van der Waals surface area contributed by atoms with Crippen molar-refractivity contribution in [3.63, 3.8) is 0 Å². The lowest BCUT2D eigenvalue weighted by Gasteiger charge is -2.01. The van der Waals surface area contributed by atoms with Gasteiger partial charge >= 0.3 is 0 Å². The highest BCUT2D eigenvalue weighted by atomic mass is 16.5. The number of hydrogen-bond acceptors (Lipinski definition) is 2. The van der Waals surface area contributed by atoms with Crippen molar-refractivity contribution in [3.05, 3.63) is 29.3 Å². The largest absolute Gasteiger partial charge is 0.497 e. The van der Waals surface area contributed by atoms with Crippen LogP contribution >= 0.6 is 0 Å². The molecule has 0 amide bonds. The first-order chi connectivity index (χ1) is 6.40. The van der Waals surface area contributed by atoms with Crippen molar-refractivity contribution >= 4 is 0 Å². The van der Waals surface area contributed by atoms with Gasteiger partial charge in [-0.1, -0.05) is 19.9 Å². The zero-order valence-corrected chi connectivity index (χ0v) is 8.55. The highest BCUT2D eigenvalue weighted by molar-refractivity contribution is 5.37. The quantitative estimate of drug-likeness (QED) is 0.714. The molecule has 0 saturated carbocycles. The van der Waals surface area contributed by atoms with Crippen molar-refractivity contribution in [2.45, 2.75) is 26.9 Å². The summed E-state index contributed by atoms with van der Waals surface area (Å²) in [5, 5.41) is 3.28. The van der Waals surface area contributed by atoms with E-state index in [0.29, 0.717) is 0 Å². The van der Waals surface area contributed by atoms with Gasteiger partial charge in [-0.05, 0) is 23.3 Å². The molecule has 0 radical (unpaired) electrons. The molecule has 0 fully saturated rings. The molecule has 0 spiro atoms. The lowest BCUT2D eigenvalue weighted by Crippen LogP contribution is -1.99. The van der Waals surface area contributed by atoms with Crippen molar-refractivity contribution in [2.75, 3.05) is 7.11 Å². The lowest BCUT2D eigenvalue weighted by molar-refractivity contribution is 0.414. The van der Waals surface area contributed by atoms with Gasteiger partial charge in [-0.15, -0.1) is 0 Å². The molecule has 1 aliphatic rings. The van der Waals surface area contributed by atoms with Gasteiger partial charge in [-0.2, -0.15) is 0 Å². The summed E-state index contributed by atoms with van der Waals surface area (Å²) < 4.78 is 5.11. The van der Waals surface area contributed by atoms with Crippen LogP contribution in [0.5, 0.6) is 5.75 Å². The van der Waals surface area contributed by atoms with Crippen molar-refractivity contribution in [2.24, 2.45) is 0 Å². The van der Waals surface area contributed by atoms with Gasteiger partial charge in [0.05, 0.1) is 7.11 Å². The molecule has 0 bridgehead atoms. The van der Waals surface area contributed by atoms with E-state index in [1.165, 1.54) is 11.1 Å². The number of rotatable bonds is 1. The molecule has 2 nitrogen and oxygen atoms in total. The average Bonchev–Trinajstić information content (AvgIpc) is 2.67. The SMILES string of the molecule is CC.COc1ccc2c(c1)CNC2. The summed E-state index contributed by atoms with van der Waals surface area (Å²) in [7, 11) is 1.70. The number of benzene rings is 1. The van der Waals surface area contributed by atoms with Crippen LogP contribution in [0.1, 0.15) is 25.0 Å². The maximum Gasteiger partial charge on any atom is 0.119 e. The van der Waals surface area contributed by atoms with E-state index in [-0.39, 0.29) is 0 Å². The van der Waals surface area contributed by atoms with Crippen LogP contribution in [0, 0.1) is 0 Å². The minimum atomic E-state index is 0.951. The Kier molecular flexibility index (Phi) is 3.77. The third kappa shape index (κ3) is 2.22. The Morgan fingerprint density at radius 1 is 1.15 bits per heavy atom. The fourth-order valence-electron chi connectivity index (χ4n) is 1.40. The number of hydrogen-bond donors (Lipinski definition) is 1. The van der Waals surface area contributed by atoms with Gasteiger partial charge in [0, 0.05) is 13.1 Å². The molecule has 1 N–H and O–H groups in total. The van der Waals surface area contributed by atoms with Gasteiger partial charge in [-0.25, -0.2) is 0 Å². The zero-order valence-electron chi connectivity index (χ0n) is 8.55. The van der Waals surface area contributed by atoms with E-state index < -0.39 is 0 Å². The molecular formula is C11H17NO. The van der Waals surface area contributed by atoms with E-state index in [0.717, 1.165) is 18.8 Å². The van der Waals surface area contributed by atoms with Crippen LogP contribution < -0.4 is 10.1 Å². The Morgan fingerprint density at radius 2 is 1.85 bits per heavy atom. The normalized spacial score (nSPS) is 12.8. The first-order valence-electron chi connectivity index (χ1n) is 4.76. The Labute approximate surface area is 79.9 Å². The molecule has 72 valence electrons. The maximum absolute atomic E-state index is 5.11. The molecule has 1 heterocycles. The summed E-state index contributed by atoms with van der Waals surface area (Å²) in [6, 6.07) is 6.22. The molecule has 13 heavy (non-hydrogen) atoms. The van der Waals surface area contributed by atoms with Gasteiger partial charge in [0.15, 0.2) is 0 Å². The van der Waals surface area contributed by atoms with E-state index >= 15 is 0 Å². The van der Waals surface area contributed by atoms with Gasteiger partial charge in [0.1, 0.15) is 5.75 Å². The molecule has 0 saturated heterocycles. The van der Waals surface area contributed by atoms with Gasteiger partial charge in [0.25, 0.3) is 0 Å². The molecule has 0 atom stereocenters. The van der Waals surface area contributed by atoms with E-state index in [1.54, 1.807) is 7.11 Å². The Morgan fingerprint density at radius 3 is 2.54 bits per heavy atom. The lowest BCUT2D eigenvalue weighted by atomic mass is 10.1. The number of fused-ring (bicyclic) bond motifs is 1. The Bertz CT molecular complexity index is 271. The van der Waals surface area contributed by atoms with Crippen LogP contribution in [-0.2, 0) is 13.1 Å². The maximum atomic E-state index is 5.11. The van der Waals surface area contributed by atoms with Crippen molar-refractivity contribution in [1.82, 2.24) is 5.32 Å². The van der Waals surface area contributed by atoms with Crippen LogP contribution in [-0.4, -0.2) is 7.11 Å². The first-order valence-corrected chi connectivity index (χ1v) is 4.76. The molecule has 0 aliphatic carbocycles. The van der Waals surface area contributed by atoms with Crippen LogP contribution in [0.15, 0.2) is 18.2 Å². The molecule has 1 aliphatic heterocycles. The first kappa shape index (κ1) is 10.1. The highest BCUT2D eigenvalue weighted by Gasteiger charge is 2.09. The van der Waals surface area contributed by atoms with Crippen LogP contribution in [0.25, 0.3) is 0 Å². The number of methoxy groups -OCH3 is 1. The predicted molar refractivity (Wildman–Crippen MR) is 54.9 cm³/mol. The fourth-order valence-corrected chi connectivity index (χ4v) is 1.40. The summed E-state index contributed by atoms with van der Waals surface area (Å²) in [5.41, 5.74) is 2.76. The van der Waals surface area contributed by atoms with Crippen molar-refractivity contribution in [1.29, 1.82) is 0 Å². The topological polar surface area (TPSA) is 21.3 Å². The Balaban J connectivity index is 0.000000396. The summed E-state index contributed by atoms with van der Waals surface area (Å²) in [4.78, 5) is 0. The number of ether oxygens (including phenoxy) is 1. The standard InChI is InChI=1S/C9H11NO.C2H6/c1-11-9-3-2-7-5-10-6-8(7)4-9;1-2/h2-4,10H,5-6H2,1H3;1-2H3. The second kappa shape index (κ2) is 4.87. The van der Waals surface area contributed by atoms with Crippen LogP contribution in [0.4, 0.5) is 0 Å². The summed E-state index contributed by atoms with van der Waals surface area (Å²) >= 11 is 0. The molecule has 2 rings (SSSR count). The second-order valence-corrected chi connectivity index (χ2v) is 2.74. The third-order valence-corrected chi connectivity index (χ3v) is 2.04. The smallest absolute Gasteiger partial charge is 0.119 e. The summed E-state index contributed by atoms with van der Waals surface area (Å²) in [5.74, 6) is 0.951. The highest BCUT2D eigenvalue weighted by Crippen LogP contribution is 2.20. The second-order valence-electron chi connectivity index (χ2n) is 2.74. The third-order valence-electron chi connectivity index (χ3n) is 2.04. The molecule has 0 aromatic heterocycles. The fraction of sp³-hybridized carbons (Fsp3) is 0.455. The molecule has 1 aromatic carbocycles. The van der Waals surface area contributed by atoms with E-state index in [9.17, 15) is 0 Å². The number of nitrogens with one attached hydrogen (secondary N) is 1. The minimum absolute atomic E-state index is 0.951. The van der Waals surface area contributed by atoms with Gasteiger partial charge in [-0.3, -0.25) is 0 Å². The monoisotopic (exact) mass is 179 g/mol. The minimum Gasteiger partial charge on any atom is -0.497 e. The average molecular weight is 179 g/mol. The molecule has 2 heteroatoms. The molecule has 1 aromatic rings. The van der Waals surface area contributed by atoms with Crippen LogP contribution in [0.3, 0.4) is 0 Å². The molecular weight excluding hydrogens is 162 g/mol. The summed E-state index contributed by atoms with van der Waals surface area (Å²) in [6.07, 6.45) is 0. The van der Waals surface area contributed by atoms with Gasteiger partial charge in [0.2, 0.25) is 0 Å². The van der Waals surface area contributed by atoms with E-state index in [4.69, 9.17) is 4.74 Å². The Hall–Kier alpha value is -1.02. The van der Waals surface area contributed by atoms with Crippen molar-refractivity contribution < 1.29 is 4.74 Å². The predicted octanol–water partition coefficient (Wildman–Crippen LogP) is 2.32. The summed E-state index contributed by atoms with van der Waals surface area (Å²) in [6.45, 7) is 5.98. The molecule has 0 unspecified atom stereocenters. The van der Waals surface area contributed by atoms with Gasteiger partial charge < -0.3 is 10.1 Å². The van der Waals surface area contributed by atoms with E-state index in [1.807, 2.05) is 19.9 Å². The van der Waals surface area contributed by atoms with E-state index in [2.05, 4.69) is 17.4 Å². The van der Waals surface area contributed by atoms with Crippen molar-refractivity contribution in [3.8, 4) is 5.75 Å². The van der Waals surface area contributed by atoms with Crippen LogP contribution in [0.2, 0.25) is 0 Å². The zero-order chi connectivity index (χ0) is 9.68.